The predicted octanol–water partition coefficient (Wildman–Crippen LogP) is 4.35. The van der Waals surface area contributed by atoms with Crippen molar-refractivity contribution in [2.24, 2.45) is 0 Å². The maximum absolute atomic E-state index is 5.51. The molecule has 2 aromatic rings. The molecular formula is C12H12BrNOS. The first-order valence-electron chi connectivity index (χ1n) is 4.96. The van der Waals surface area contributed by atoms with Crippen molar-refractivity contribution in [3.05, 3.63) is 45.8 Å². The van der Waals surface area contributed by atoms with Crippen LogP contribution in [0.2, 0.25) is 0 Å². The van der Waals surface area contributed by atoms with Gasteiger partial charge in [-0.1, -0.05) is 39.8 Å². The number of thioether (sulfide) groups is 1. The van der Waals surface area contributed by atoms with E-state index >= 15 is 0 Å². The number of aromatic nitrogens is 1. The molecule has 0 bridgehead atoms. The van der Waals surface area contributed by atoms with E-state index in [9.17, 15) is 0 Å². The van der Waals surface area contributed by atoms with Gasteiger partial charge >= 0.3 is 0 Å². The quantitative estimate of drug-likeness (QED) is 0.788. The molecule has 1 aromatic heterocycles. The summed E-state index contributed by atoms with van der Waals surface area (Å²) in [5, 5.41) is 0.745. The molecule has 0 amide bonds. The molecule has 0 spiro atoms. The summed E-state index contributed by atoms with van der Waals surface area (Å²) in [4.78, 5) is 4.33. The number of halogens is 1. The van der Waals surface area contributed by atoms with Crippen molar-refractivity contribution in [2.75, 3.05) is 0 Å². The fourth-order valence-corrected chi connectivity index (χ4v) is 2.58. The van der Waals surface area contributed by atoms with Crippen LogP contribution in [-0.2, 0) is 5.75 Å². The lowest BCUT2D eigenvalue weighted by Gasteiger charge is -1.98. The second-order valence-corrected chi connectivity index (χ2v) is 5.38. The van der Waals surface area contributed by atoms with E-state index in [-0.39, 0.29) is 0 Å². The van der Waals surface area contributed by atoms with Crippen LogP contribution in [0.1, 0.15) is 17.0 Å². The Morgan fingerprint density at radius 2 is 2.19 bits per heavy atom. The van der Waals surface area contributed by atoms with E-state index < -0.39 is 0 Å². The molecule has 84 valence electrons. The molecule has 0 aliphatic heterocycles. The Bertz CT molecular complexity index is 476. The van der Waals surface area contributed by atoms with Crippen molar-refractivity contribution in [2.45, 2.75) is 24.8 Å². The maximum Gasteiger partial charge on any atom is 0.256 e. The highest BCUT2D eigenvalue weighted by atomic mass is 79.9. The van der Waals surface area contributed by atoms with Crippen LogP contribution in [0.5, 0.6) is 0 Å². The third-order valence-electron chi connectivity index (χ3n) is 2.26. The summed E-state index contributed by atoms with van der Waals surface area (Å²) in [5.74, 6) is 1.77. The molecule has 0 radical (unpaired) electrons. The first-order chi connectivity index (χ1) is 7.65. The van der Waals surface area contributed by atoms with E-state index in [1.54, 1.807) is 11.8 Å². The van der Waals surface area contributed by atoms with Crippen LogP contribution >= 0.6 is 27.7 Å². The third-order valence-corrected chi connectivity index (χ3v) is 3.65. The van der Waals surface area contributed by atoms with Gasteiger partial charge in [0.15, 0.2) is 0 Å². The van der Waals surface area contributed by atoms with E-state index in [1.807, 2.05) is 26.0 Å². The smallest absolute Gasteiger partial charge is 0.256 e. The average Bonchev–Trinajstić information content (AvgIpc) is 2.56. The molecule has 0 atom stereocenters. The highest BCUT2D eigenvalue weighted by molar-refractivity contribution is 9.10. The van der Waals surface area contributed by atoms with Gasteiger partial charge in [0.1, 0.15) is 5.76 Å². The zero-order chi connectivity index (χ0) is 11.5. The Hall–Kier alpha value is -0.740. The largest absolute Gasteiger partial charge is 0.437 e. The maximum atomic E-state index is 5.51. The standard InChI is InChI=1S/C12H12BrNOS/c1-8-9(2)15-12(14-8)16-7-10-4-3-5-11(13)6-10/h3-6H,7H2,1-2H3. The Labute approximate surface area is 108 Å². The number of benzene rings is 1. The lowest BCUT2D eigenvalue weighted by atomic mass is 10.2. The molecule has 0 N–H and O–H groups in total. The number of oxazole rings is 1. The SMILES string of the molecule is Cc1nc(SCc2cccc(Br)c2)oc1C. The normalized spacial score (nSPS) is 10.7. The van der Waals surface area contributed by atoms with E-state index in [0.29, 0.717) is 0 Å². The van der Waals surface area contributed by atoms with Crippen LogP contribution < -0.4 is 0 Å². The van der Waals surface area contributed by atoms with Crippen LogP contribution in [-0.4, -0.2) is 4.98 Å². The number of rotatable bonds is 3. The molecule has 0 aliphatic rings. The Morgan fingerprint density at radius 3 is 2.81 bits per heavy atom. The van der Waals surface area contributed by atoms with Crippen molar-refractivity contribution < 1.29 is 4.42 Å². The molecule has 1 heterocycles. The highest BCUT2D eigenvalue weighted by Gasteiger charge is 2.06. The summed E-state index contributed by atoms with van der Waals surface area (Å²) in [7, 11) is 0. The van der Waals surface area contributed by atoms with Gasteiger partial charge in [-0.15, -0.1) is 0 Å². The zero-order valence-corrected chi connectivity index (χ0v) is 11.6. The van der Waals surface area contributed by atoms with Gasteiger partial charge in [0.2, 0.25) is 0 Å². The fourth-order valence-electron chi connectivity index (χ4n) is 1.28. The van der Waals surface area contributed by atoms with Crippen LogP contribution in [0, 0.1) is 13.8 Å². The molecule has 0 aliphatic carbocycles. The number of hydrogen-bond donors (Lipinski definition) is 0. The van der Waals surface area contributed by atoms with Gasteiger partial charge in [-0.25, -0.2) is 4.98 Å². The first-order valence-corrected chi connectivity index (χ1v) is 6.74. The third kappa shape index (κ3) is 2.89. The summed E-state index contributed by atoms with van der Waals surface area (Å²) < 4.78 is 6.61. The molecule has 0 fully saturated rings. The van der Waals surface area contributed by atoms with Gasteiger partial charge in [0.05, 0.1) is 5.69 Å². The minimum Gasteiger partial charge on any atom is -0.437 e. The fraction of sp³-hybridized carbons (Fsp3) is 0.250. The topological polar surface area (TPSA) is 26.0 Å². The Balaban J connectivity index is 2.02. The van der Waals surface area contributed by atoms with E-state index in [2.05, 4.69) is 33.0 Å². The van der Waals surface area contributed by atoms with Gasteiger partial charge in [-0.05, 0) is 31.5 Å². The minimum absolute atomic E-state index is 0.745. The monoisotopic (exact) mass is 297 g/mol. The predicted molar refractivity (Wildman–Crippen MR) is 69.7 cm³/mol. The zero-order valence-electron chi connectivity index (χ0n) is 9.16. The molecule has 1 aromatic carbocycles. The second kappa shape index (κ2) is 5.06. The molecule has 2 nitrogen and oxygen atoms in total. The second-order valence-electron chi connectivity index (χ2n) is 3.54. The van der Waals surface area contributed by atoms with Gasteiger partial charge in [0.25, 0.3) is 5.22 Å². The van der Waals surface area contributed by atoms with Gasteiger partial charge in [0, 0.05) is 10.2 Å². The van der Waals surface area contributed by atoms with Crippen LogP contribution in [0.3, 0.4) is 0 Å². The summed E-state index contributed by atoms with van der Waals surface area (Å²) in [6.07, 6.45) is 0. The van der Waals surface area contributed by atoms with Crippen LogP contribution in [0.25, 0.3) is 0 Å². The summed E-state index contributed by atoms with van der Waals surface area (Å²) >= 11 is 5.07. The number of aryl methyl sites for hydroxylation is 2. The van der Waals surface area contributed by atoms with Crippen LogP contribution in [0.15, 0.2) is 38.4 Å². The van der Waals surface area contributed by atoms with E-state index in [4.69, 9.17) is 4.42 Å². The number of hydrogen-bond acceptors (Lipinski definition) is 3. The van der Waals surface area contributed by atoms with Crippen molar-refractivity contribution in [1.82, 2.24) is 4.98 Å². The molecule has 16 heavy (non-hydrogen) atoms. The molecule has 0 saturated carbocycles. The summed E-state index contributed by atoms with van der Waals surface area (Å²) in [6, 6.07) is 8.26. The molecule has 0 unspecified atom stereocenters. The first kappa shape index (κ1) is 11.7. The molecular weight excluding hydrogens is 286 g/mol. The lowest BCUT2D eigenvalue weighted by Crippen LogP contribution is -1.80. The van der Waals surface area contributed by atoms with Crippen molar-refractivity contribution >= 4 is 27.7 Å². The van der Waals surface area contributed by atoms with Crippen LogP contribution in [0.4, 0.5) is 0 Å². The average molecular weight is 298 g/mol. The van der Waals surface area contributed by atoms with Crippen molar-refractivity contribution in [3.63, 3.8) is 0 Å². The summed E-state index contributed by atoms with van der Waals surface area (Å²) in [5.41, 5.74) is 2.23. The van der Waals surface area contributed by atoms with Gasteiger partial charge in [-0.3, -0.25) is 0 Å². The van der Waals surface area contributed by atoms with Crippen molar-refractivity contribution in [3.8, 4) is 0 Å². The minimum atomic E-state index is 0.745. The molecule has 0 saturated heterocycles. The van der Waals surface area contributed by atoms with E-state index in [0.717, 1.165) is 26.9 Å². The van der Waals surface area contributed by atoms with Gasteiger partial charge in [-0.2, -0.15) is 0 Å². The molecule has 4 heteroatoms. The Morgan fingerprint density at radius 1 is 1.38 bits per heavy atom. The number of nitrogens with zero attached hydrogens (tertiary/aromatic N) is 1. The van der Waals surface area contributed by atoms with Gasteiger partial charge < -0.3 is 4.42 Å². The summed E-state index contributed by atoms with van der Waals surface area (Å²) in [6.45, 7) is 3.90. The highest BCUT2D eigenvalue weighted by Crippen LogP contribution is 2.25. The van der Waals surface area contributed by atoms with E-state index in [1.165, 1.54) is 5.56 Å². The van der Waals surface area contributed by atoms with Crippen molar-refractivity contribution in [1.29, 1.82) is 0 Å². The Kier molecular flexibility index (Phi) is 3.71. The molecule has 2 rings (SSSR count). The lowest BCUT2D eigenvalue weighted by molar-refractivity contribution is 0.431.